The molecule has 1 heterocycles. The lowest BCUT2D eigenvalue weighted by molar-refractivity contribution is -0.0498. The highest BCUT2D eigenvalue weighted by Gasteiger charge is 2.50. The minimum absolute atomic E-state index is 0.0206. The van der Waals surface area contributed by atoms with Crippen LogP contribution < -0.4 is 10.6 Å². The Morgan fingerprint density at radius 1 is 1.14 bits per heavy atom. The fourth-order valence-electron chi connectivity index (χ4n) is 5.59. The van der Waals surface area contributed by atoms with E-state index in [0.717, 1.165) is 37.3 Å². The average Bonchev–Trinajstić information content (AvgIpc) is 2.97. The molecule has 1 aromatic heterocycles. The van der Waals surface area contributed by atoms with Gasteiger partial charge >= 0.3 is 6.03 Å². The second-order valence-corrected chi connectivity index (χ2v) is 8.89. The second-order valence-electron chi connectivity index (χ2n) is 7.86. The zero-order valence-electron chi connectivity index (χ0n) is 13.1. The Morgan fingerprint density at radius 2 is 1.82 bits per heavy atom. The molecule has 0 atom stereocenters. The van der Waals surface area contributed by atoms with E-state index in [1.54, 1.807) is 11.3 Å². The molecule has 22 heavy (non-hydrogen) atoms. The zero-order chi connectivity index (χ0) is 15.0. The molecule has 4 heteroatoms. The average molecular weight is 318 g/mol. The molecule has 1 aromatic rings. The molecule has 4 saturated carbocycles. The van der Waals surface area contributed by atoms with Crippen LogP contribution in [0, 0.1) is 23.2 Å². The van der Waals surface area contributed by atoms with Crippen LogP contribution in [0.5, 0.6) is 0 Å². The first-order valence-corrected chi connectivity index (χ1v) is 9.63. The van der Waals surface area contributed by atoms with Crippen LogP contribution in [0.25, 0.3) is 0 Å². The summed E-state index contributed by atoms with van der Waals surface area (Å²) in [7, 11) is 0. The van der Waals surface area contributed by atoms with Crippen molar-refractivity contribution >= 4 is 17.4 Å². The summed E-state index contributed by atoms with van der Waals surface area (Å²) in [6.45, 7) is 1.62. The SMILES string of the molecule is O=C(NCCc1cccs1)NCC12CC3CC(CC(C3)C1)C2. The molecule has 0 saturated heterocycles. The maximum atomic E-state index is 12.0. The van der Waals surface area contributed by atoms with E-state index in [1.807, 2.05) is 0 Å². The van der Waals surface area contributed by atoms with Gasteiger partial charge in [0.25, 0.3) is 0 Å². The van der Waals surface area contributed by atoms with Gasteiger partial charge in [0.05, 0.1) is 0 Å². The quantitative estimate of drug-likeness (QED) is 0.851. The number of rotatable bonds is 5. The summed E-state index contributed by atoms with van der Waals surface area (Å²) in [5.74, 6) is 2.86. The Balaban J connectivity index is 1.23. The molecule has 4 aliphatic carbocycles. The van der Waals surface area contributed by atoms with Crippen LogP contribution in [0.4, 0.5) is 4.79 Å². The van der Waals surface area contributed by atoms with E-state index >= 15 is 0 Å². The van der Waals surface area contributed by atoms with Crippen molar-refractivity contribution in [1.29, 1.82) is 0 Å². The number of hydrogen-bond acceptors (Lipinski definition) is 2. The second kappa shape index (κ2) is 5.88. The van der Waals surface area contributed by atoms with Crippen molar-refractivity contribution in [2.24, 2.45) is 23.2 Å². The maximum Gasteiger partial charge on any atom is 0.314 e. The lowest BCUT2D eigenvalue weighted by Gasteiger charge is -2.56. The van der Waals surface area contributed by atoms with Crippen LogP contribution in [0.3, 0.4) is 0 Å². The van der Waals surface area contributed by atoms with E-state index < -0.39 is 0 Å². The van der Waals surface area contributed by atoms with Crippen LogP contribution in [-0.4, -0.2) is 19.1 Å². The van der Waals surface area contributed by atoms with Gasteiger partial charge in [0.1, 0.15) is 0 Å². The number of carbonyl (C=O) groups excluding carboxylic acids is 1. The fraction of sp³-hybridized carbons (Fsp3) is 0.722. The normalized spacial score (nSPS) is 35.5. The maximum absolute atomic E-state index is 12.0. The fourth-order valence-corrected chi connectivity index (χ4v) is 6.30. The third kappa shape index (κ3) is 3.03. The highest BCUT2D eigenvalue weighted by atomic mass is 32.1. The standard InChI is InChI=1S/C18H26N2OS/c21-17(19-4-3-16-2-1-5-22-16)20-12-18-9-13-6-14(10-18)8-15(7-13)11-18/h1-2,5,13-15H,3-4,6-12H2,(H2,19,20,21). The van der Waals surface area contributed by atoms with Crippen LogP contribution in [0.2, 0.25) is 0 Å². The highest BCUT2D eigenvalue weighted by Crippen LogP contribution is 2.59. The van der Waals surface area contributed by atoms with Crippen molar-refractivity contribution in [2.45, 2.75) is 44.9 Å². The van der Waals surface area contributed by atoms with Crippen molar-refractivity contribution in [3.8, 4) is 0 Å². The molecule has 4 fully saturated rings. The summed E-state index contributed by atoms with van der Waals surface area (Å²) in [5.41, 5.74) is 0.430. The molecular weight excluding hydrogens is 292 g/mol. The Kier molecular flexibility index (Phi) is 3.89. The molecule has 0 aliphatic heterocycles. The van der Waals surface area contributed by atoms with E-state index in [1.165, 1.54) is 43.4 Å². The van der Waals surface area contributed by atoms with Gasteiger partial charge in [0, 0.05) is 18.0 Å². The van der Waals surface area contributed by atoms with Crippen molar-refractivity contribution < 1.29 is 4.79 Å². The van der Waals surface area contributed by atoms with Gasteiger partial charge in [-0.2, -0.15) is 0 Å². The number of thiophene rings is 1. The van der Waals surface area contributed by atoms with Gasteiger partial charge in [0.15, 0.2) is 0 Å². The first-order chi connectivity index (χ1) is 10.7. The summed E-state index contributed by atoms with van der Waals surface area (Å²) >= 11 is 1.75. The van der Waals surface area contributed by atoms with Gasteiger partial charge in [-0.1, -0.05) is 6.07 Å². The van der Waals surface area contributed by atoms with Crippen LogP contribution in [0.15, 0.2) is 17.5 Å². The number of urea groups is 1. The van der Waals surface area contributed by atoms with E-state index in [4.69, 9.17) is 0 Å². The van der Waals surface area contributed by atoms with Crippen molar-refractivity contribution in [3.63, 3.8) is 0 Å². The summed E-state index contributed by atoms with van der Waals surface area (Å²) in [4.78, 5) is 13.4. The molecule has 0 radical (unpaired) electrons. The molecule has 0 spiro atoms. The molecule has 0 unspecified atom stereocenters. The Hall–Kier alpha value is -1.03. The molecule has 3 nitrogen and oxygen atoms in total. The Bertz CT molecular complexity index is 490. The number of amides is 2. The van der Waals surface area contributed by atoms with Gasteiger partial charge in [0.2, 0.25) is 0 Å². The summed E-state index contributed by atoms with van der Waals surface area (Å²) in [5, 5.41) is 8.27. The lowest BCUT2D eigenvalue weighted by Crippen LogP contribution is -2.52. The summed E-state index contributed by atoms with van der Waals surface area (Å²) < 4.78 is 0. The molecule has 4 bridgehead atoms. The zero-order valence-corrected chi connectivity index (χ0v) is 14.0. The van der Waals surface area contributed by atoms with Crippen LogP contribution >= 0.6 is 11.3 Å². The predicted octanol–water partition coefficient (Wildman–Crippen LogP) is 3.81. The van der Waals surface area contributed by atoms with Crippen LogP contribution in [0.1, 0.15) is 43.4 Å². The Labute approximate surface area is 136 Å². The van der Waals surface area contributed by atoms with Crippen LogP contribution in [-0.2, 0) is 6.42 Å². The lowest BCUT2D eigenvalue weighted by atomic mass is 9.49. The minimum Gasteiger partial charge on any atom is -0.338 e. The Morgan fingerprint density at radius 3 is 2.41 bits per heavy atom. The molecule has 120 valence electrons. The molecule has 5 rings (SSSR count). The summed E-state index contributed by atoms with van der Waals surface area (Å²) in [6.07, 6.45) is 9.39. The van der Waals surface area contributed by atoms with Gasteiger partial charge < -0.3 is 10.6 Å². The van der Waals surface area contributed by atoms with E-state index in [-0.39, 0.29) is 6.03 Å². The van der Waals surface area contributed by atoms with Crippen molar-refractivity contribution in [3.05, 3.63) is 22.4 Å². The molecule has 2 amide bonds. The molecule has 4 aliphatic rings. The van der Waals surface area contributed by atoms with E-state index in [9.17, 15) is 4.79 Å². The van der Waals surface area contributed by atoms with Gasteiger partial charge in [-0.05, 0) is 79.6 Å². The number of nitrogens with one attached hydrogen (secondary N) is 2. The van der Waals surface area contributed by atoms with Crippen molar-refractivity contribution in [2.75, 3.05) is 13.1 Å². The van der Waals surface area contributed by atoms with Gasteiger partial charge in [-0.15, -0.1) is 11.3 Å². The van der Waals surface area contributed by atoms with Gasteiger partial charge in [-0.25, -0.2) is 4.79 Å². The first kappa shape index (κ1) is 14.6. The third-order valence-electron chi connectivity index (χ3n) is 6.03. The van der Waals surface area contributed by atoms with E-state index in [0.29, 0.717) is 5.41 Å². The largest absolute Gasteiger partial charge is 0.338 e. The van der Waals surface area contributed by atoms with Crippen molar-refractivity contribution in [1.82, 2.24) is 10.6 Å². The predicted molar refractivity (Wildman–Crippen MR) is 90.0 cm³/mol. The monoisotopic (exact) mass is 318 g/mol. The third-order valence-corrected chi connectivity index (χ3v) is 6.96. The number of hydrogen-bond donors (Lipinski definition) is 2. The molecule has 2 N–H and O–H groups in total. The topological polar surface area (TPSA) is 41.1 Å². The minimum atomic E-state index is 0.0206. The number of carbonyl (C=O) groups is 1. The van der Waals surface area contributed by atoms with Gasteiger partial charge in [-0.3, -0.25) is 0 Å². The smallest absolute Gasteiger partial charge is 0.314 e. The summed E-state index contributed by atoms with van der Waals surface area (Å²) in [6, 6.07) is 4.21. The molecule has 0 aromatic carbocycles. The van der Waals surface area contributed by atoms with E-state index in [2.05, 4.69) is 28.1 Å². The first-order valence-electron chi connectivity index (χ1n) is 8.75. The highest BCUT2D eigenvalue weighted by molar-refractivity contribution is 7.09. The molecular formula is C18H26N2OS.